The Morgan fingerprint density at radius 1 is 1.28 bits per heavy atom. The van der Waals surface area contributed by atoms with E-state index >= 15 is 0 Å². The first-order valence-electron chi connectivity index (χ1n) is 8.72. The molecule has 4 nitrogen and oxygen atoms in total. The number of anilines is 1. The van der Waals surface area contributed by atoms with Gasteiger partial charge in [-0.25, -0.2) is 4.39 Å². The van der Waals surface area contributed by atoms with Crippen LogP contribution in [-0.4, -0.2) is 23.1 Å². The predicted molar refractivity (Wildman–Crippen MR) is 94.6 cm³/mol. The second-order valence-electron chi connectivity index (χ2n) is 6.50. The summed E-state index contributed by atoms with van der Waals surface area (Å²) in [4.78, 5) is 18.6. The van der Waals surface area contributed by atoms with Crippen molar-refractivity contribution in [1.29, 1.82) is 0 Å². The number of amides is 1. The molecular weight excluding hydrogens is 319 g/mol. The number of halogens is 1. The molecule has 132 valence electrons. The molecule has 0 aliphatic carbocycles. The van der Waals surface area contributed by atoms with Crippen LogP contribution in [0.4, 0.5) is 10.1 Å². The van der Waals surface area contributed by atoms with E-state index in [2.05, 4.69) is 11.9 Å². The van der Waals surface area contributed by atoms with Crippen molar-refractivity contribution < 1.29 is 13.9 Å². The highest BCUT2D eigenvalue weighted by atomic mass is 19.1. The van der Waals surface area contributed by atoms with Gasteiger partial charge in [-0.05, 0) is 62.1 Å². The number of hydrogen-bond donors (Lipinski definition) is 0. The lowest BCUT2D eigenvalue weighted by atomic mass is 10.1. The summed E-state index contributed by atoms with van der Waals surface area (Å²) in [6, 6.07) is 9.80. The smallest absolute Gasteiger partial charge is 0.227 e. The van der Waals surface area contributed by atoms with Gasteiger partial charge in [0.2, 0.25) is 5.91 Å². The lowest BCUT2D eigenvalue weighted by molar-refractivity contribution is -0.119. The molecule has 2 atom stereocenters. The van der Waals surface area contributed by atoms with Gasteiger partial charge >= 0.3 is 0 Å². The predicted octanol–water partition coefficient (Wildman–Crippen LogP) is 4.10. The number of aromatic nitrogens is 1. The highest BCUT2D eigenvalue weighted by Gasteiger charge is 2.24. The van der Waals surface area contributed by atoms with Crippen LogP contribution >= 0.6 is 0 Å². The molecule has 0 spiro atoms. The van der Waals surface area contributed by atoms with Gasteiger partial charge in [0.15, 0.2) is 0 Å². The fourth-order valence-electron chi connectivity index (χ4n) is 3.14. The van der Waals surface area contributed by atoms with Gasteiger partial charge in [-0.2, -0.15) is 0 Å². The first-order valence-corrected chi connectivity index (χ1v) is 8.72. The van der Waals surface area contributed by atoms with Gasteiger partial charge in [0.25, 0.3) is 0 Å². The van der Waals surface area contributed by atoms with Gasteiger partial charge in [-0.3, -0.25) is 9.78 Å². The summed E-state index contributed by atoms with van der Waals surface area (Å²) in [5, 5.41) is 0. The lowest BCUT2D eigenvalue weighted by Crippen LogP contribution is -2.31. The molecule has 0 radical (unpaired) electrons. The third-order valence-electron chi connectivity index (χ3n) is 4.50. The van der Waals surface area contributed by atoms with E-state index in [1.165, 1.54) is 12.1 Å². The SMILES string of the molecule is C[C@@H]1CC[C@@H](CCC(=O)N(Cc2cccnc2)c2ccc(F)cc2)O1. The third kappa shape index (κ3) is 4.86. The minimum atomic E-state index is -0.314. The molecule has 2 heterocycles. The number of rotatable bonds is 6. The monoisotopic (exact) mass is 342 g/mol. The zero-order chi connectivity index (χ0) is 17.6. The second-order valence-corrected chi connectivity index (χ2v) is 6.50. The first kappa shape index (κ1) is 17.5. The topological polar surface area (TPSA) is 42.4 Å². The third-order valence-corrected chi connectivity index (χ3v) is 4.50. The molecule has 0 bridgehead atoms. The standard InChI is InChI=1S/C20H23FN2O2/c1-15-4-9-19(25-15)10-11-20(24)23(14-16-3-2-12-22-13-16)18-7-5-17(21)6-8-18/h2-3,5-8,12-13,15,19H,4,9-11,14H2,1H3/t15-,19+/m1/s1. The summed E-state index contributed by atoms with van der Waals surface area (Å²) >= 11 is 0. The van der Waals surface area contributed by atoms with Gasteiger partial charge in [-0.15, -0.1) is 0 Å². The second kappa shape index (κ2) is 8.21. The summed E-state index contributed by atoms with van der Waals surface area (Å²) < 4.78 is 19.0. The van der Waals surface area contributed by atoms with E-state index in [-0.39, 0.29) is 23.9 Å². The quantitative estimate of drug-likeness (QED) is 0.794. The molecule has 3 rings (SSSR count). The molecule has 1 amide bonds. The van der Waals surface area contributed by atoms with Crippen molar-refractivity contribution in [1.82, 2.24) is 4.98 Å². The number of benzene rings is 1. The molecular formula is C20H23FN2O2. The van der Waals surface area contributed by atoms with E-state index in [0.717, 1.165) is 18.4 Å². The molecule has 25 heavy (non-hydrogen) atoms. The van der Waals surface area contributed by atoms with Gasteiger partial charge in [-0.1, -0.05) is 6.07 Å². The van der Waals surface area contributed by atoms with Crippen molar-refractivity contribution in [2.24, 2.45) is 0 Å². The molecule has 1 aliphatic heterocycles. The fraction of sp³-hybridized carbons (Fsp3) is 0.400. The average Bonchev–Trinajstić information content (AvgIpc) is 3.05. The first-order chi connectivity index (χ1) is 12.1. The average molecular weight is 342 g/mol. The molecule has 5 heteroatoms. The maximum Gasteiger partial charge on any atom is 0.227 e. The van der Waals surface area contributed by atoms with Crippen molar-refractivity contribution >= 4 is 11.6 Å². The van der Waals surface area contributed by atoms with E-state index in [1.54, 1.807) is 29.4 Å². The molecule has 0 unspecified atom stereocenters. The Morgan fingerprint density at radius 2 is 2.08 bits per heavy atom. The number of ether oxygens (including phenoxy) is 1. The van der Waals surface area contributed by atoms with E-state index in [0.29, 0.717) is 25.1 Å². The maximum absolute atomic E-state index is 13.2. The number of pyridine rings is 1. The maximum atomic E-state index is 13.2. The molecule has 0 N–H and O–H groups in total. The molecule has 1 aliphatic rings. The number of carbonyl (C=O) groups is 1. The minimum Gasteiger partial charge on any atom is -0.375 e. The summed E-state index contributed by atoms with van der Waals surface area (Å²) in [7, 11) is 0. The Hall–Kier alpha value is -2.27. The molecule has 1 fully saturated rings. The van der Waals surface area contributed by atoms with Gasteiger partial charge < -0.3 is 9.64 Å². The number of carbonyl (C=O) groups excluding carboxylic acids is 1. The van der Waals surface area contributed by atoms with Crippen molar-refractivity contribution in [2.45, 2.75) is 51.4 Å². The van der Waals surface area contributed by atoms with Crippen LogP contribution < -0.4 is 4.90 Å². The number of hydrogen-bond acceptors (Lipinski definition) is 3. The van der Waals surface area contributed by atoms with Crippen LogP contribution in [0.1, 0.15) is 38.2 Å². The minimum absolute atomic E-state index is 0.0126. The van der Waals surface area contributed by atoms with Gasteiger partial charge in [0, 0.05) is 24.5 Å². The fourth-order valence-corrected chi connectivity index (χ4v) is 3.14. The molecule has 1 aromatic heterocycles. The zero-order valence-corrected chi connectivity index (χ0v) is 14.4. The van der Waals surface area contributed by atoms with Crippen LogP contribution in [0.5, 0.6) is 0 Å². The normalized spacial score (nSPS) is 19.8. The van der Waals surface area contributed by atoms with Crippen LogP contribution in [0.2, 0.25) is 0 Å². The summed E-state index contributed by atoms with van der Waals surface area (Å²) in [5.74, 6) is -0.301. The van der Waals surface area contributed by atoms with Crippen LogP contribution in [0.3, 0.4) is 0 Å². The lowest BCUT2D eigenvalue weighted by Gasteiger charge is -2.23. The highest BCUT2D eigenvalue weighted by molar-refractivity contribution is 5.93. The van der Waals surface area contributed by atoms with Crippen molar-refractivity contribution in [3.8, 4) is 0 Å². The Bertz CT molecular complexity index is 691. The van der Waals surface area contributed by atoms with Crippen molar-refractivity contribution in [3.05, 3.63) is 60.2 Å². The van der Waals surface area contributed by atoms with Crippen molar-refractivity contribution in [3.63, 3.8) is 0 Å². The Labute approximate surface area is 147 Å². The van der Waals surface area contributed by atoms with E-state index < -0.39 is 0 Å². The molecule has 1 saturated heterocycles. The summed E-state index contributed by atoms with van der Waals surface area (Å²) in [6.07, 6.45) is 7.07. The largest absolute Gasteiger partial charge is 0.375 e. The van der Waals surface area contributed by atoms with Crippen LogP contribution in [-0.2, 0) is 16.1 Å². The molecule has 1 aromatic carbocycles. The Balaban J connectivity index is 1.70. The van der Waals surface area contributed by atoms with Crippen LogP contribution in [0, 0.1) is 5.82 Å². The summed E-state index contributed by atoms with van der Waals surface area (Å²) in [6.45, 7) is 2.48. The highest BCUT2D eigenvalue weighted by Crippen LogP contribution is 2.24. The Morgan fingerprint density at radius 3 is 2.72 bits per heavy atom. The Kier molecular flexibility index (Phi) is 5.76. The van der Waals surface area contributed by atoms with E-state index in [9.17, 15) is 9.18 Å². The number of nitrogens with zero attached hydrogens (tertiary/aromatic N) is 2. The van der Waals surface area contributed by atoms with Crippen LogP contribution in [0.25, 0.3) is 0 Å². The molecule has 0 saturated carbocycles. The van der Waals surface area contributed by atoms with Gasteiger partial charge in [0.05, 0.1) is 18.8 Å². The van der Waals surface area contributed by atoms with E-state index in [4.69, 9.17) is 4.74 Å². The van der Waals surface area contributed by atoms with E-state index in [1.807, 2.05) is 12.1 Å². The zero-order valence-electron chi connectivity index (χ0n) is 14.4. The van der Waals surface area contributed by atoms with Gasteiger partial charge in [0.1, 0.15) is 5.82 Å². The molecule has 2 aromatic rings. The summed E-state index contributed by atoms with van der Waals surface area (Å²) in [5.41, 5.74) is 1.63. The van der Waals surface area contributed by atoms with Crippen LogP contribution in [0.15, 0.2) is 48.8 Å². The van der Waals surface area contributed by atoms with Crippen molar-refractivity contribution in [2.75, 3.05) is 4.90 Å².